The number of anilines is 1. The molecular formula is C9H10IN3O3. The topological polar surface area (TPSA) is 90.8 Å². The zero-order chi connectivity index (χ0) is 12.1. The van der Waals surface area contributed by atoms with Gasteiger partial charge < -0.3 is 10.5 Å². The predicted octanol–water partition coefficient (Wildman–Crippen LogP) is 2.31. The maximum atomic E-state index is 10.7. The van der Waals surface area contributed by atoms with Crippen LogP contribution in [0.15, 0.2) is 21.4 Å². The fraction of sp³-hybridized carbons (Fsp3) is 0.222. The fourth-order valence-electron chi connectivity index (χ4n) is 1.13. The van der Waals surface area contributed by atoms with Gasteiger partial charge in [0.1, 0.15) is 5.69 Å². The number of nitro benzene ring substituents is 1. The molecule has 0 fully saturated rings. The minimum Gasteiger partial charge on any atom is -0.477 e. The van der Waals surface area contributed by atoms with Gasteiger partial charge in [-0.25, -0.2) is 0 Å². The van der Waals surface area contributed by atoms with Crippen LogP contribution in [0.5, 0.6) is 0 Å². The molecule has 0 spiro atoms. The Balaban J connectivity index is 3.16. The van der Waals surface area contributed by atoms with Crippen LogP contribution < -0.4 is 5.73 Å². The second-order valence-corrected chi connectivity index (χ2v) is 3.34. The molecule has 6 nitrogen and oxygen atoms in total. The highest BCUT2D eigenvalue weighted by atomic mass is 127. The molecule has 0 atom stereocenters. The van der Waals surface area contributed by atoms with Crippen LogP contribution in [0.3, 0.4) is 0 Å². The number of rotatable bonds is 3. The molecule has 1 aromatic carbocycles. The Morgan fingerprint density at radius 3 is 2.88 bits per heavy atom. The number of nitro groups is 1. The Labute approximate surface area is 106 Å². The molecular weight excluding hydrogens is 325 g/mol. The van der Waals surface area contributed by atoms with Crippen molar-refractivity contribution in [2.45, 2.75) is 6.92 Å². The summed E-state index contributed by atoms with van der Waals surface area (Å²) in [5.41, 5.74) is 6.00. The molecule has 0 bridgehead atoms. The summed E-state index contributed by atoms with van der Waals surface area (Å²) in [6, 6.07) is 4.45. The molecule has 2 N–H and O–H groups in total. The van der Waals surface area contributed by atoms with Crippen molar-refractivity contribution in [3.05, 3.63) is 33.9 Å². The molecule has 86 valence electrons. The van der Waals surface area contributed by atoms with Crippen LogP contribution in [-0.4, -0.2) is 17.4 Å². The highest BCUT2D eigenvalue weighted by molar-refractivity contribution is 14.1. The second-order valence-electron chi connectivity index (χ2n) is 2.85. The molecule has 0 aliphatic rings. The Kier molecular flexibility index (Phi) is 4.47. The zero-order valence-electron chi connectivity index (χ0n) is 8.51. The quantitative estimate of drug-likeness (QED) is 0.229. The van der Waals surface area contributed by atoms with E-state index in [-0.39, 0.29) is 11.4 Å². The van der Waals surface area contributed by atoms with Crippen molar-refractivity contribution in [2.24, 2.45) is 3.21 Å². The average Bonchev–Trinajstić information content (AvgIpc) is 2.26. The predicted molar refractivity (Wildman–Crippen MR) is 69.7 cm³/mol. The van der Waals surface area contributed by atoms with E-state index in [0.717, 1.165) is 0 Å². The lowest BCUT2D eigenvalue weighted by atomic mass is 10.2. The van der Waals surface area contributed by atoms with Gasteiger partial charge in [-0.05, 0) is 19.1 Å². The van der Waals surface area contributed by atoms with E-state index in [1.165, 1.54) is 12.1 Å². The first-order valence-corrected chi connectivity index (χ1v) is 5.42. The van der Waals surface area contributed by atoms with Crippen molar-refractivity contribution in [3.63, 3.8) is 0 Å². The highest BCUT2D eigenvalue weighted by Gasteiger charge is 2.14. The molecule has 0 amide bonds. The average molecular weight is 335 g/mol. The SMILES string of the molecule is CCOC(=NI)c1ccc(N)c([N+](=O)[O-])c1. The van der Waals surface area contributed by atoms with Crippen molar-refractivity contribution >= 4 is 40.1 Å². The molecule has 0 saturated heterocycles. The van der Waals surface area contributed by atoms with E-state index < -0.39 is 4.92 Å². The maximum Gasteiger partial charge on any atom is 0.292 e. The molecule has 1 aromatic rings. The summed E-state index contributed by atoms with van der Waals surface area (Å²) >= 11 is 1.78. The van der Waals surface area contributed by atoms with Crippen LogP contribution >= 0.6 is 22.9 Å². The first kappa shape index (κ1) is 12.7. The normalized spacial score (nSPS) is 11.2. The van der Waals surface area contributed by atoms with Gasteiger partial charge in [0.05, 0.1) is 34.4 Å². The van der Waals surface area contributed by atoms with Gasteiger partial charge in [0, 0.05) is 11.6 Å². The molecule has 0 radical (unpaired) electrons. The van der Waals surface area contributed by atoms with E-state index >= 15 is 0 Å². The van der Waals surface area contributed by atoms with E-state index in [0.29, 0.717) is 18.1 Å². The van der Waals surface area contributed by atoms with Crippen molar-refractivity contribution in [1.29, 1.82) is 0 Å². The molecule has 0 aliphatic carbocycles. The number of ether oxygens (including phenoxy) is 1. The van der Waals surface area contributed by atoms with Gasteiger partial charge in [0.15, 0.2) is 0 Å². The molecule has 0 aromatic heterocycles. The maximum absolute atomic E-state index is 10.7. The van der Waals surface area contributed by atoms with Crippen LogP contribution in [0.2, 0.25) is 0 Å². The number of nitrogens with zero attached hydrogens (tertiary/aromatic N) is 2. The number of benzene rings is 1. The van der Waals surface area contributed by atoms with Crippen molar-refractivity contribution in [1.82, 2.24) is 0 Å². The largest absolute Gasteiger partial charge is 0.477 e. The van der Waals surface area contributed by atoms with E-state index in [4.69, 9.17) is 10.5 Å². The number of halogens is 1. The third-order valence-corrected chi connectivity index (χ3v) is 2.27. The third kappa shape index (κ3) is 2.81. The Morgan fingerprint density at radius 2 is 2.38 bits per heavy atom. The molecule has 7 heteroatoms. The summed E-state index contributed by atoms with van der Waals surface area (Å²) in [5, 5.41) is 10.7. The second kappa shape index (κ2) is 5.64. The molecule has 0 saturated carbocycles. The summed E-state index contributed by atoms with van der Waals surface area (Å²) in [6.07, 6.45) is 0. The Hall–Kier alpha value is -1.38. The molecule has 0 unspecified atom stereocenters. The summed E-state index contributed by atoms with van der Waals surface area (Å²) in [4.78, 5) is 10.2. The van der Waals surface area contributed by atoms with E-state index in [2.05, 4.69) is 3.21 Å². The zero-order valence-corrected chi connectivity index (χ0v) is 10.7. The number of nitrogens with two attached hydrogens (primary N) is 1. The molecule has 1 rings (SSSR count). The van der Waals surface area contributed by atoms with Gasteiger partial charge in [-0.1, -0.05) is 0 Å². The lowest BCUT2D eigenvalue weighted by Gasteiger charge is -2.06. The molecule has 0 aliphatic heterocycles. The summed E-state index contributed by atoms with van der Waals surface area (Å²) in [5.74, 6) is 0.353. The van der Waals surface area contributed by atoms with E-state index in [1.807, 2.05) is 6.92 Å². The van der Waals surface area contributed by atoms with Crippen LogP contribution in [-0.2, 0) is 4.74 Å². The molecule has 0 heterocycles. The monoisotopic (exact) mass is 335 g/mol. The standard InChI is InChI=1S/C9H10IN3O3/c1-2-16-9(12-10)6-3-4-7(11)8(5-6)13(14)15/h3-5H,2,11H2,1H3. The smallest absolute Gasteiger partial charge is 0.292 e. The van der Waals surface area contributed by atoms with E-state index in [1.54, 1.807) is 28.9 Å². The number of hydrogen-bond acceptors (Lipinski definition) is 5. The van der Waals surface area contributed by atoms with Crippen molar-refractivity contribution in [3.8, 4) is 0 Å². The highest BCUT2D eigenvalue weighted by Crippen LogP contribution is 2.23. The van der Waals surface area contributed by atoms with Crippen LogP contribution in [0, 0.1) is 10.1 Å². The van der Waals surface area contributed by atoms with Crippen LogP contribution in [0.4, 0.5) is 11.4 Å². The van der Waals surface area contributed by atoms with Gasteiger partial charge in [0.25, 0.3) is 5.69 Å². The first-order chi connectivity index (χ1) is 7.60. The summed E-state index contributed by atoms with van der Waals surface area (Å²) < 4.78 is 9.11. The Bertz CT molecular complexity index is 434. The summed E-state index contributed by atoms with van der Waals surface area (Å²) in [6.45, 7) is 2.26. The van der Waals surface area contributed by atoms with Crippen LogP contribution in [0.25, 0.3) is 0 Å². The Morgan fingerprint density at radius 1 is 1.69 bits per heavy atom. The van der Waals surface area contributed by atoms with Crippen molar-refractivity contribution in [2.75, 3.05) is 12.3 Å². The van der Waals surface area contributed by atoms with Gasteiger partial charge in [-0.2, -0.15) is 3.21 Å². The van der Waals surface area contributed by atoms with Gasteiger partial charge >= 0.3 is 0 Å². The van der Waals surface area contributed by atoms with Crippen LogP contribution in [0.1, 0.15) is 12.5 Å². The first-order valence-electron chi connectivity index (χ1n) is 4.46. The fourth-order valence-corrected chi connectivity index (χ4v) is 1.55. The number of hydrogen-bond donors (Lipinski definition) is 1. The van der Waals surface area contributed by atoms with Crippen molar-refractivity contribution < 1.29 is 9.66 Å². The molecule has 16 heavy (non-hydrogen) atoms. The minimum absolute atomic E-state index is 0.123. The lowest BCUT2D eigenvalue weighted by molar-refractivity contribution is -0.383. The minimum atomic E-state index is -0.532. The van der Waals surface area contributed by atoms with Gasteiger partial charge in [0.2, 0.25) is 5.90 Å². The van der Waals surface area contributed by atoms with Gasteiger partial charge in [-0.3, -0.25) is 10.1 Å². The lowest BCUT2D eigenvalue weighted by Crippen LogP contribution is -2.07. The third-order valence-electron chi connectivity index (χ3n) is 1.83. The van der Waals surface area contributed by atoms with Gasteiger partial charge in [-0.15, -0.1) is 0 Å². The van der Waals surface area contributed by atoms with E-state index in [9.17, 15) is 10.1 Å². The summed E-state index contributed by atoms with van der Waals surface area (Å²) in [7, 11) is 0. The number of nitrogen functional groups attached to an aromatic ring is 1.